The van der Waals surface area contributed by atoms with Crippen molar-refractivity contribution in [3.05, 3.63) is 35.7 Å². The van der Waals surface area contributed by atoms with Crippen LogP contribution in [0.25, 0.3) is 0 Å². The van der Waals surface area contributed by atoms with E-state index in [1.54, 1.807) is 6.07 Å². The molecule has 0 radical (unpaired) electrons. The molecule has 1 heterocycles. The average molecular weight is 250 g/mol. The Morgan fingerprint density at radius 2 is 1.94 bits per heavy atom. The quantitative estimate of drug-likeness (QED) is 0.758. The van der Waals surface area contributed by atoms with Crippen LogP contribution < -0.4 is 9.47 Å². The summed E-state index contributed by atoms with van der Waals surface area (Å²) in [6.07, 6.45) is 5.92. The Morgan fingerprint density at radius 1 is 1.28 bits per heavy atom. The predicted molar refractivity (Wildman–Crippen MR) is 69.7 cm³/mol. The molecule has 0 aliphatic carbocycles. The van der Waals surface area contributed by atoms with Crippen molar-refractivity contribution in [2.24, 2.45) is 5.92 Å². The fraction of sp³-hybridized carbons (Fsp3) is 0.467. The van der Waals surface area contributed by atoms with Crippen LogP contribution >= 0.6 is 0 Å². The van der Waals surface area contributed by atoms with E-state index in [4.69, 9.17) is 9.47 Å². The van der Waals surface area contributed by atoms with Crippen molar-refractivity contribution in [3.63, 3.8) is 0 Å². The topological polar surface area (TPSA) is 18.5 Å². The Labute approximate surface area is 107 Å². The zero-order chi connectivity index (χ0) is 13.0. The first-order valence-corrected chi connectivity index (χ1v) is 6.45. The molecule has 0 saturated heterocycles. The molecule has 98 valence electrons. The van der Waals surface area contributed by atoms with Gasteiger partial charge in [-0.05, 0) is 30.4 Å². The van der Waals surface area contributed by atoms with Gasteiger partial charge in [0.15, 0.2) is 11.5 Å². The van der Waals surface area contributed by atoms with Gasteiger partial charge in [0.05, 0.1) is 0 Å². The lowest BCUT2D eigenvalue weighted by atomic mass is 9.99. The average Bonchev–Trinajstić information content (AvgIpc) is 2.37. The number of ether oxygens (including phenoxy) is 2. The van der Waals surface area contributed by atoms with E-state index in [1.807, 2.05) is 0 Å². The number of fused-ring (bicyclic) bond motifs is 1. The van der Waals surface area contributed by atoms with E-state index in [2.05, 4.69) is 26.0 Å². The van der Waals surface area contributed by atoms with E-state index < -0.39 is 0 Å². The highest BCUT2D eigenvalue weighted by molar-refractivity contribution is 5.44. The van der Waals surface area contributed by atoms with Gasteiger partial charge < -0.3 is 9.47 Å². The summed E-state index contributed by atoms with van der Waals surface area (Å²) < 4.78 is 24.7. The summed E-state index contributed by atoms with van der Waals surface area (Å²) in [6, 6.07) is 3.19. The third-order valence-corrected chi connectivity index (χ3v) is 2.95. The van der Waals surface area contributed by atoms with Crippen LogP contribution in [-0.2, 0) is 6.42 Å². The maximum absolute atomic E-state index is 13.9. The van der Waals surface area contributed by atoms with Crippen molar-refractivity contribution >= 4 is 0 Å². The molecule has 1 atom stereocenters. The zero-order valence-corrected chi connectivity index (χ0v) is 10.9. The third kappa shape index (κ3) is 3.03. The number of allylic oxidation sites excluding steroid dienone is 2. The zero-order valence-electron chi connectivity index (χ0n) is 10.9. The van der Waals surface area contributed by atoms with Crippen molar-refractivity contribution in [3.8, 4) is 11.5 Å². The van der Waals surface area contributed by atoms with Crippen LogP contribution in [0.3, 0.4) is 0 Å². The van der Waals surface area contributed by atoms with E-state index in [0.29, 0.717) is 42.6 Å². The van der Waals surface area contributed by atoms with E-state index in [1.165, 1.54) is 6.07 Å². The maximum Gasteiger partial charge on any atom is 0.164 e. The highest BCUT2D eigenvalue weighted by Gasteiger charge is 2.16. The number of benzene rings is 1. The standard InChI is InChI=1S/C15H19FO2/c1-3-4-5-11(2)8-12-9-14-15(10-13(12)16)18-7-6-17-14/h4-5,9-11H,3,6-8H2,1-2H3/b5-4-. The molecule has 0 amide bonds. The third-order valence-electron chi connectivity index (χ3n) is 2.95. The normalized spacial score (nSPS) is 15.9. The van der Waals surface area contributed by atoms with Gasteiger partial charge in [0.25, 0.3) is 0 Å². The van der Waals surface area contributed by atoms with Gasteiger partial charge in [0, 0.05) is 6.07 Å². The molecule has 2 nitrogen and oxygen atoms in total. The second-order valence-corrected chi connectivity index (χ2v) is 4.61. The Bertz CT molecular complexity index is 440. The molecule has 1 aliphatic rings. The summed E-state index contributed by atoms with van der Waals surface area (Å²) >= 11 is 0. The van der Waals surface area contributed by atoms with Crippen molar-refractivity contribution in [1.29, 1.82) is 0 Å². The molecular formula is C15H19FO2. The summed E-state index contributed by atoms with van der Waals surface area (Å²) in [6.45, 7) is 5.20. The molecule has 18 heavy (non-hydrogen) atoms. The monoisotopic (exact) mass is 250 g/mol. The molecule has 1 aromatic carbocycles. The Morgan fingerprint density at radius 3 is 2.61 bits per heavy atom. The fourth-order valence-corrected chi connectivity index (χ4v) is 2.05. The highest BCUT2D eigenvalue weighted by atomic mass is 19.1. The van der Waals surface area contributed by atoms with Crippen molar-refractivity contribution in [2.75, 3.05) is 13.2 Å². The van der Waals surface area contributed by atoms with Crippen molar-refractivity contribution in [2.45, 2.75) is 26.7 Å². The molecule has 0 N–H and O–H groups in total. The van der Waals surface area contributed by atoms with E-state index >= 15 is 0 Å². The van der Waals surface area contributed by atoms with Crippen LogP contribution in [0.4, 0.5) is 4.39 Å². The Balaban J connectivity index is 2.15. The first-order valence-electron chi connectivity index (χ1n) is 6.45. The van der Waals surface area contributed by atoms with E-state index in [9.17, 15) is 4.39 Å². The SMILES string of the molecule is CC/C=C\C(C)Cc1cc2c(cc1F)OCCO2. The molecule has 0 saturated carbocycles. The first kappa shape index (κ1) is 12.9. The van der Waals surface area contributed by atoms with Crippen LogP contribution in [0.15, 0.2) is 24.3 Å². The van der Waals surface area contributed by atoms with Gasteiger partial charge in [-0.25, -0.2) is 4.39 Å². The number of hydrogen-bond donors (Lipinski definition) is 0. The molecule has 1 aliphatic heterocycles. The first-order chi connectivity index (χ1) is 8.70. The van der Waals surface area contributed by atoms with Crippen LogP contribution in [-0.4, -0.2) is 13.2 Å². The smallest absolute Gasteiger partial charge is 0.164 e. The summed E-state index contributed by atoms with van der Waals surface area (Å²) in [5, 5.41) is 0. The lowest BCUT2D eigenvalue weighted by Gasteiger charge is -2.20. The number of hydrogen-bond acceptors (Lipinski definition) is 2. The molecular weight excluding hydrogens is 231 g/mol. The minimum Gasteiger partial charge on any atom is -0.486 e. The molecule has 0 aromatic heterocycles. The van der Waals surface area contributed by atoms with Gasteiger partial charge in [0.1, 0.15) is 19.0 Å². The summed E-state index contributed by atoms with van der Waals surface area (Å²) in [7, 11) is 0. The number of rotatable bonds is 4. The lowest BCUT2D eigenvalue weighted by Crippen LogP contribution is -2.16. The van der Waals surface area contributed by atoms with Crippen molar-refractivity contribution in [1.82, 2.24) is 0 Å². The van der Waals surface area contributed by atoms with Gasteiger partial charge in [-0.3, -0.25) is 0 Å². The van der Waals surface area contributed by atoms with Crippen molar-refractivity contribution < 1.29 is 13.9 Å². The fourth-order valence-electron chi connectivity index (χ4n) is 2.05. The molecule has 1 aromatic rings. The van der Waals surface area contributed by atoms with Gasteiger partial charge in [0.2, 0.25) is 0 Å². The van der Waals surface area contributed by atoms with Gasteiger partial charge in [-0.15, -0.1) is 0 Å². The van der Waals surface area contributed by atoms with E-state index in [-0.39, 0.29) is 5.82 Å². The Hall–Kier alpha value is -1.51. The predicted octanol–water partition coefficient (Wildman–Crippen LogP) is 3.74. The van der Waals surface area contributed by atoms with Crippen LogP contribution in [0.2, 0.25) is 0 Å². The molecule has 0 bridgehead atoms. The number of halogens is 1. The van der Waals surface area contributed by atoms with E-state index in [0.717, 1.165) is 6.42 Å². The lowest BCUT2D eigenvalue weighted by molar-refractivity contribution is 0.170. The second kappa shape index (κ2) is 5.89. The minimum absolute atomic E-state index is 0.212. The van der Waals surface area contributed by atoms with Gasteiger partial charge >= 0.3 is 0 Å². The molecule has 0 spiro atoms. The van der Waals surface area contributed by atoms with Crippen LogP contribution in [0.5, 0.6) is 11.5 Å². The minimum atomic E-state index is -0.212. The van der Waals surface area contributed by atoms with Gasteiger partial charge in [-0.1, -0.05) is 26.0 Å². The van der Waals surface area contributed by atoms with Crippen LogP contribution in [0, 0.1) is 11.7 Å². The summed E-state index contributed by atoms with van der Waals surface area (Å²) in [5.41, 5.74) is 0.688. The summed E-state index contributed by atoms with van der Waals surface area (Å²) in [5.74, 6) is 1.28. The summed E-state index contributed by atoms with van der Waals surface area (Å²) in [4.78, 5) is 0. The molecule has 3 heteroatoms. The Kier molecular flexibility index (Phi) is 4.24. The molecule has 1 unspecified atom stereocenters. The highest BCUT2D eigenvalue weighted by Crippen LogP contribution is 2.33. The maximum atomic E-state index is 13.9. The molecule has 0 fully saturated rings. The van der Waals surface area contributed by atoms with Gasteiger partial charge in [-0.2, -0.15) is 0 Å². The largest absolute Gasteiger partial charge is 0.486 e. The molecule has 2 rings (SSSR count). The second-order valence-electron chi connectivity index (χ2n) is 4.61. The van der Waals surface area contributed by atoms with Crippen LogP contribution in [0.1, 0.15) is 25.8 Å².